The number of anilines is 1. The van der Waals surface area contributed by atoms with Crippen LogP contribution < -0.4 is 21.4 Å². The van der Waals surface area contributed by atoms with Gasteiger partial charge in [0.25, 0.3) is 5.91 Å². The highest BCUT2D eigenvalue weighted by Gasteiger charge is 2.42. The molecular weight excluding hydrogens is 456 g/mol. The number of nitrogens with one attached hydrogen (secondary N) is 2. The molecule has 1 fully saturated rings. The van der Waals surface area contributed by atoms with Crippen LogP contribution in [0.15, 0.2) is 47.7 Å². The highest BCUT2D eigenvalue weighted by molar-refractivity contribution is 7.18. The Kier molecular flexibility index (Phi) is 5.85. The van der Waals surface area contributed by atoms with Crippen LogP contribution in [0.4, 0.5) is 10.5 Å². The zero-order chi connectivity index (χ0) is 23.0. The highest BCUT2D eigenvalue weighted by Crippen LogP contribution is 2.37. The summed E-state index contributed by atoms with van der Waals surface area (Å²) < 4.78 is 5.91. The molecule has 32 heavy (non-hydrogen) atoms. The van der Waals surface area contributed by atoms with E-state index in [0.29, 0.717) is 26.2 Å². The first-order chi connectivity index (χ1) is 15.2. The summed E-state index contributed by atoms with van der Waals surface area (Å²) in [6.07, 6.45) is -0.991. The average Bonchev–Trinajstić information content (AvgIpc) is 3.44. The lowest BCUT2D eigenvalue weighted by atomic mass is 9.84. The topological polar surface area (TPSA) is 123 Å². The van der Waals surface area contributed by atoms with Gasteiger partial charge in [-0.05, 0) is 43.7 Å². The van der Waals surface area contributed by atoms with Gasteiger partial charge in [0.05, 0.1) is 27.9 Å². The highest BCUT2D eigenvalue weighted by atomic mass is 35.5. The van der Waals surface area contributed by atoms with E-state index in [1.807, 2.05) is 0 Å². The fraction of sp³-hybridized carbons (Fsp3) is 0.286. The molecule has 0 spiro atoms. The number of hydrogen-bond donors (Lipinski definition) is 3. The van der Waals surface area contributed by atoms with Gasteiger partial charge in [0.2, 0.25) is 5.91 Å². The Balaban J connectivity index is 1.42. The molecule has 2 aliphatic heterocycles. The number of amides is 3. The van der Waals surface area contributed by atoms with Crippen molar-refractivity contribution in [3.05, 3.63) is 62.5 Å². The van der Waals surface area contributed by atoms with Crippen molar-refractivity contribution in [2.75, 3.05) is 18.0 Å². The minimum Gasteiger partial charge on any atom is -0.442 e. The number of carbonyl (C=O) groups is 3. The van der Waals surface area contributed by atoms with Gasteiger partial charge in [0.15, 0.2) is 0 Å². The molecule has 168 valence electrons. The van der Waals surface area contributed by atoms with E-state index in [9.17, 15) is 14.4 Å². The maximum Gasteiger partial charge on any atom is 0.414 e. The van der Waals surface area contributed by atoms with Crippen LogP contribution in [0.2, 0.25) is 4.34 Å². The van der Waals surface area contributed by atoms with Crippen molar-refractivity contribution >= 4 is 46.5 Å². The van der Waals surface area contributed by atoms with Gasteiger partial charge in [-0.15, -0.1) is 16.8 Å². The molecule has 1 aromatic carbocycles. The number of carbonyl (C=O) groups excluding carboxylic acids is 3. The van der Waals surface area contributed by atoms with Crippen molar-refractivity contribution in [1.82, 2.24) is 10.8 Å². The van der Waals surface area contributed by atoms with Crippen LogP contribution in [-0.4, -0.2) is 37.1 Å². The van der Waals surface area contributed by atoms with E-state index in [1.54, 1.807) is 50.2 Å². The number of primary amides is 1. The lowest BCUT2D eigenvalue weighted by Crippen LogP contribution is -2.40. The van der Waals surface area contributed by atoms with Gasteiger partial charge in [-0.1, -0.05) is 23.7 Å². The molecule has 3 amide bonds. The summed E-state index contributed by atoms with van der Waals surface area (Å²) >= 11 is 7.03. The van der Waals surface area contributed by atoms with Crippen LogP contribution >= 0.6 is 22.9 Å². The number of rotatable bonds is 6. The largest absolute Gasteiger partial charge is 0.442 e. The molecule has 2 atom stereocenters. The number of thiophene rings is 1. The zero-order valence-electron chi connectivity index (χ0n) is 17.3. The number of hydrogen-bond acceptors (Lipinski definition) is 7. The van der Waals surface area contributed by atoms with Crippen molar-refractivity contribution in [1.29, 1.82) is 0 Å². The maximum absolute atomic E-state index is 12.4. The summed E-state index contributed by atoms with van der Waals surface area (Å²) in [6, 6.07) is 10.4. The Morgan fingerprint density at radius 1 is 1.31 bits per heavy atom. The zero-order valence-corrected chi connectivity index (χ0v) is 18.9. The fourth-order valence-electron chi connectivity index (χ4n) is 3.80. The minimum atomic E-state index is -0.905. The number of cyclic esters (lactones) is 1. The molecule has 0 saturated carbocycles. The summed E-state index contributed by atoms with van der Waals surface area (Å²) in [6.45, 7) is 3.93. The van der Waals surface area contributed by atoms with Crippen LogP contribution in [0.1, 0.15) is 29.1 Å². The molecule has 2 aromatic rings. The summed E-state index contributed by atoms with van der Waals surface area (Å²) in [4.78, 5) is 43.8. The van der Waals surface area contributed by atoms with Gasteiger partial charge in [-0.25, -0.2) is 4.79 Å². The molecule has 9 nitrogen and oxygen atoms in total. The van der Waals surface area contributed by atoms with Crippen LogP contribution in [-0.2, 0) is 19.9 Å². The molecule has 0 radical (unpaired) electrons. The van der Waals surface area contributed by atoms with E-state index in [4.69, 9.17) is 26.9 Å². The van der Waals surface area contributed by atoms with Gasteiger partial charge in [0, 0.05) is 5.69 Å². The summed E-state index contributed by atoms with van der Waals surface area (Å²) in [5.74, 6) is -0.423. The summed E-state index contributed by atoms with van der Waals surface area (Å²) in [5.41, 5.74) is 9.19. The van der Waals surface area contributed by atoms with Crippen molar-refractivity contribution < 1.29 is 24.0 Å². The Bertz CT molecular complexity index is 1120. The number of allylic oxidation sites excluding steroid dienone is 1. The minimum absolute atomic E-state index is 0.181. The van der Waals surface area contributed by atoms with E-state index in [1.165, 1.54) is 16.2 Å². The first-order valence-electron chi connectivity index (χ1n) is 9.76. The SMILES string of the molecule is CC1=C(C(N)=O)C(C)(c2ccc(N3CC(CNC(=O)c4ccc(Cl)s4)OC3=O)cc2)NO1. The summed E-state index contributed by atoms with van der Waals surface area (Å²) in [7, 11) is 0. The lowest BCUT2D eigenvalue weighted by Gasteiger charge is -2.25. The summed E-state index contributed by atoms with van der Waals surface area (Å²) in [5, 5.41) is 2.76. The van der Waals surface area contributed by atoms with Crippen LogP contribution in [0.25, 0.3) is 0 Å². The smallest absolute Gasteiger partial charge is 0.414 e. The maximum atomic E-state index is 12.4. The van der Waals surface area contributed by atoms with Crippen molar-refractivity contribution in [2.24, 2.45) is 5.73 Å². The number of benzene rings is 1. The van der Waals surface area contributed by atoms with Crippen molar-refractivity contribution in [3.8, 4) is 0 Å². The molecule has 2 unspecified atom stereocenters. The standard InChI is InChI=1S/C21H21ClN4O5S/c1-11-17(18(23)27)21(2,25-31-11)12-3-5-13(6-4-12)26-10-14(30-20(26)29)9-24-19(28)15-7-8-16(22)32-15/h3-8,14,25H,9-10H2,1-2H3,(H2,23,27)(H,24,28). The number of nitrogens with two attached hydrogens (primary N) is 1. The van der Waals surface area contributed by atoms with Gasteiger partial charge in [-0.2, -0.15) is 0 Å². The second-order valence-corrected chi connectivity index (χ2v) is 9.32. The van der Waals surface area contributed by atoms with Crippen LogP contribution in [0.5, 0.6) is 0 Å². The first kappa shape index (κ1) is 22.1. The molecule has 0 aliphatic carbocycles. The van der Waals surface area contributed by atoms with E-state index in [-0.39, 0.29) is 19.0 Å². The van der Waals surface area contributed by atoms with E-state index < -0.39 is 23.6 Å². The van der Waals surface area contributed by atoms with E-state index in [2.05, 4.69) is 10.8 Å². The lowest BCUT2D eigenvalue weighted by molar-refractivity contribution is -0.115. The third kappa shape index (κ3) is 4.04. The van der Waals surface area contributed by atoms with Crippen LogP contribution in [0, 0.1) is 0 Å². The molecule has 2 aliphatic rings. The third-order valence-corrected chi connectivity index (χ3v) is 6.65. The molecule has 3 heterocycles. The predicted octanol–water partition coefficient (Wildman–Crippen LogP) is 2.67. The second kappa shape index (κ2) is 8.45. The molecule has 1 saturated heterocycles. The van der Waals surface area contributed by atoms with Crippen LogP contribution in [0.3, 0.4) is 0 Å². The number of halogens is 1. The molecule has 0 bridgehead atoms. The number of nitrogens with zero attached hydrogens (tertiary/aromatic N) is 1. The molecule has 4 rings (SSSR count). The monoisotopic (exact) mass is 476 g/mol. The van der Waals surface area contributed by atoms with Crippen molar-refractivity contribution in [2.45, 2.75) is 25.5 Å². The molecule has 4 N–H and O–H groups in total. The number of hydroxylamine groups is 1. The Labute approximate surface area is 193 Å². The molecule has 1 aromatic heterocycles. The predicted molar refractivity (Wildman–Crippen MR) is 119 cm³/mol. The average molecular weight is 477 g/mol. The Morgan fingerprint density at radius 3 is 2.66 bits per heavy atom. The van der Waals surface area contributed by atoms with E-state index in [0.717, 1.165) is 5.56 Å². The Hall–Kier alpha value is -3.08. The second-order valence-electron chi connectivity index (χ2n) is 7.60. The van der Waals surface area contributed by atoms with Gasteiger partial charge in [0.1, 0.15) is 17.4 Å². The fourth-order valence-corrected chi connectivity index (χ4v) is 4.76. The first-order valence-corrected chi connectivity index (χ1v) is 11.0. The quantitative estimate of drug-likeness (QED) is 0.589. The molecule has 11 heteroatoms. The van der Waals surface area contributed by atoms with Gasteiger partial charge >= 0.3 is 6.09 Å². The van der Waals surface area contributed by atoms with Gasteiger partial charge < -0.3 is 20.6 Å². The Morgan fingerprint density at radius 2 is 2.03 bits per heavy atom. The van der Waals surface area contributed by atoms with E-state index >= 15 is 0 Å². The van der Waals surface area contributed by atoms with Gasteiger partial charge in [-0.3, -0.25) is 14.5 Å². The normalized spacial score (nSPS) is 22.7. The molecular formula is C21H21ClN4O5S. The van der Waals surface area contributed by atoms with Crippen molar-refractivity contribution in [3.63, 3.8) is 0 Å². The third-order valence-electron chi connectivity index (χ3n) is 5.42. The number of ether oxygens (including phenoxy) is 1.